The van der Waals surface area contributed by atoms with Gasteiger partial charge in [0.1, 0.15) is 5.82 Å². The first kappa shape index (κ1) is 16.9. The summed E-state index contributed by atoms with van der Waals surface area (Å²) in [5, 5.41) is 10.6. The van der Waals surface area contributed by atoms with Gasteiger partial charge in [0.2, 0.25) is 5.91 Å². The fourth-order valence-electron chi connectivity index (χ4n) is 1.69. The van der Waals surface area contributed by atoms with E-state index in [9.17, 15) is 27.2 Å². The molecule has 1 amide bonds. The van der Waals surface area contributed by atoms with Crippen molar-refractivity contribution in [3.05, 3.63) is 29.6 Å². The molecule has 2 N–H and O–H groups in total. The van der Waals surface area contributed by atoms with E-state index in [2.05, 4.69) is 0 Å². The number of carbonyl (C=O) groups excluding carboxylic acids is 1. The van der Waals surface area contributed by atoms with Crippen LogP contribution in [-0.4, -0.2) is 17.0 Å². The van der Waals surface area contributed by atoms with Gasteiger partial charge in [0.15, 0.2) is 0 Å². The van der Waals surface area contributed by atoms with Crippen LogP contribution in [0.25, 0.3) is 0 Å². The third-order valence-corrected chi connectivity index (χ3v) is 2.62. The molecule has 0 saturated heterocycles. The van der Waals surface area contributed by atoms with Crippen molar-refractivity contribution in [2.45, 2.75) is 25.9 Å². The third-order valence-electron chi connectivity index (χ3n) is 2.62. The van der Waals surface area contributed by atoms with Gasteiger partial charge in [0.25, 0.3) is 0 Å². The van der Waals surface area contributed by atoms with Gasteiger partial charge in [0, 0.05) is 12.8 Å². The molecule has 116 valence electrons. The number of rotatable bonds is 5. The predicted octanol–water partition coefficient (Wildman–Crippen LogP) is 3.28. The van der Waals surface area contributed by atoms with E-state index in [1.807, 2.05) is 5.32 Å². The van der Waals surface area contributed by atoms with Crippen LogP contribution in [0.15, 0.2) is 18.2 Å². The minimum atomic E-state index is -4.65. The number of benzene rings is 1. The average Bonchev–Trinajstić information content (AvgIpc) is 2.28. The number of halogens is 4. The molecule has 0 radical (unpaired) electrons. The molecule has 0 bridgehead atoms. The zero-order valence-corrected chi connectivity index (χ0v) is 11.0. The summed E-state index contributed by atoms with van der Waals surface area (Å²) in [5.74, 6) is -3.36. The molecule has 0 heterocycles. The van der Waals surface area contributed by atoms with E-state index in [0.29, 0.717) is 18.2 Å². The Bertz CT molecular complexity index is 543. The summed E-state index contributed by atoms with van der Waals surface area (Å²) in [7, 11) is 0. The van der Waals surface area contributed by atoms with E-state index in [0.717, 1.165) is 0 Å². The zero-order valence-electron chi connectivity index (χ0n) is 11.0. The first-order chi connectivity index (χ1) is 9.59. The molecule has 0 fully saturated rings. The maximum absolute atomic E-state index is 13.4. The topological polar surface area (TPSA) is 66.4 Å². The number of alkyl halides is 3. The summed E-state index contributed by atoms with van der Waals surface area (Å²) >= 11 is 0. The quantitative estimate of drug-likeness (QED) is 0.820. The fourth-order valence-corrected chi connectivity index (χ4v) is 1.69. The number of carboxylic acids is 1. The van der Waals surface area contributed by atoms with Gasteiger partial charge in [-0.2, -0.15) is 13.2 Å². The molecular weight excluding hydrogens is 294 g/mol. The van der Waals surface area contributed by atoms with E-state index in [4.69, 9.17) is 5.11 Å². The van der Waals surface area contributed by atoms with Crippen LogP contribution < -0.4 is 5.32 Å². The Kier molecular flexibility index (Phi) is 5.28. The largest absolute Gasteiger partial charge is 0.481 e. The number of carboxylic acid groups (broad SMARTS) is 1. The molecule has 1 aromatic carbocycles. The molecule has 1 atom stereocenters. The van der Waals surface area contributed by atoms with Gasteiger partial charge in [-0.1, -0.05) is 6.92 Å². The van der Waals surface area contributed by atoms with Crippen LogP contribution in [0.1, 0.15) is 25.3 Å². The molecule has 8 heteroatoms. The highest BCUT2D eigenvalue weighted by Crippen LogP contribution is 2.31. The second-order valence-electron chi connectivity index (χ2n) is 4.65. The highest BCUT2D eigenvalue weighted by Gasteiger charge is 2.31. The average molecular weight is 307 g/mol. The molecule has 1 aromatic rings. The van der Waals surface area contributed by atoms with Crippen molar-refractivity contribution >= 4 is 17.6 Å². The van der Waals surface area contributed by atoms with Crippen LogP contribution in [0.5, 0.6) is 0 Å². The first-order valence-corrected chi connectivity index (χ1v) is 5.98. The van der Waals surface area contributed by atoms with Crippen molar-refractivity contribution in [1.82, 2.24) is 0 Å². The number of nitrogens with one attached hydrogen (secondary N) is 1. The van der Waals surface area contributed by atoms with Crippen LogP contribution in [0, 0.1) is 11.7 Å². The third kappa shape index (κ3) is 5.41. The molecule has 4 nitrogen and oxygen atoms in total. The van der Waals surface area contributed by atoms with Gasteiger partial charge in [-0.3, -0.25) is 9.59 Å². The van der Waals surface area contributed by atoms with Gasteiger partial charge >= 0.3 is 12.1 Å². The summed E-state index contributed by atoms with van der Waals surface area (Å²) in [6, 6.07) is 1.67. The summed E-state index contributed by atoms with van der Waals surface area (Å²) < 4.78 is 50.9. The molecule has 0 aliphatic rings. The van der Waals surface area contributed by atoms with Gasteiger partial charge in [-0.15, -0.1) is 0 Å². The molecule has 0 aromatic heterocycles. The highest BCUT2D eigenvalue weighted by molar-refractivity contribution is 5.91. The normalized spacial score (nSPS) is 12.8. The lowest BCUT2D eigenvalue weighted by Crippen LogP contribution is -2.18. The molecule has 1 unspecified atom stereocenters. The Morgan fingerprint density at radius 3 is 2.43 bits per heavy atom. The second kappa shape index (κ2) is 6.55. The summed E-state index contributed by atoms with van der Waals surface area (Å²) in [5.41, 5.74) is -1.67. The Morgan fingerprint density at radius 1 is 1.29 bits per heavy atom. The van der Waals surface area contributed by atoms with Crippen LogP contribution in [-0.2, 0) is 15.8 Å². The minimum absolute atomic E-state index is 0.234. The maximum Gasteiger partial charge on any atom is 0.416 e. The van der Waals surface area contributed by atoms with E-state index in [1.165, 1.54) is 6.92 Å². The van der Waals surface area contributed by atoms with Crippen LogP contribution >= 0.6 is 0 Å². The fraction of sp³-hybridized carbons (Fsp3) is 0.385. The number of carbonyl (C=O) groups is 2. The van der Waals surface area contributed by atoms with Crippen LogP contribution in [0.4, 0.5) is 23.2 Å². The van der Waals surface area contributed by atoms with Crippen molar-refractivity contribution in [3.63, 3.8) is 0 Å². The van der Waals surface area contributed by atoms with Crippen molar-refractivity contribution in [2.24, 2.45) is 5.92 Å². The molecule has 0 aliphatic heterocycles. The monoisotopic (exact) mass is 307 g/mol. The van der Waals surface area contributed by atoms with Crippen molar-refractivity contribution in [3.8, 4) is 0 Å². The Hall–Kier alpha value is -2.12. The molecule has 21 heavy (non-hydrogen) atoms. The van der Waals surface area contributed by atoms with Gasteiger partial charge < -0.3 is 10.4 Å². The summed E-state index contributed by atoms with van der Waals surface area (Å²) in [4.78, 5) is 22.0. The Labute approximate surface area is 117 Å². The molecule has 0 aliphatic carbocycles. The Morgan fingerprint density at radius 2 is 1.90 bits per heavy atom. The van der Waals surface area contributed by atoms with Gasteiger partial charge in [-0.05, 0) is 24.1 Å². The van der Waals surface area contributed by atoms with Crippen LogP contribution in [0.3, 0.4) is 0 Å². The second-order valence-corrected chi connectivity index (χ2v) is 4.65. The number of anilines is 1. The standard InChI is InChI=1S/C13H13F4NO3/c1-7(5-12(20)21)4-11(19)18-10-6-8(13(15,16)17)2-3-9(10)14/h2-3,6-7H,4-5H2,1H3,(H,18,19)(H,20,21). The summed E-state index contributed by atoms with van der Waals surface area (Å²) in [6.07, 6.45) is -5.15. The van der Waals surface area contributed by atoms with E-state index in [-0.39, 0.29) is 12.8 Å². The van der Waals surface area contributed by atoms with E-state index in [1.54, 1.807) is 0 Å². The lowest BCUT2D eigenvalue weighted by atomic mass is 10.0. The number of amides is 1. The minimum Gasteiger partial charge on any atom is -0.481 e. The predicted molar refractivity (Wildman–Crippen MR) is 66.1 cm³/mol. The van der Waals surface area contributed by atoms with E-state index < -0.39 is 41.0 Å². The van der Waals surface area contributed by atoms with Gasteiger partial charge in [-0.25, -0.2) is 4.39 Å². The first-order valence-electron chi connectivity index (χ1n) is 5.98. The zero-order chi connectivity index (χ0) is 16.2. The molecule has 1 rings (SSSR count). The number of hydrogen-bond donors (Lipinski definition) is 2. The Balaban J connectivity index is 2.78. The number of aliphatic carboxylic acids is 1. The van der Waals surface area contributed by atoms with Gasteiger partial charge in [0.05, 0.1) is 11.3 Å². The summed E-state index contributed by atoms with van der Waals surface area (Å²) in [6.45, 7) is 1.50. The van der Waals surface area contributed by atoms with E-state index >= 15 is 0 Å². The molecule has 0 saturated carbocycles. The van der Waals surface area contributed by atoms with Crippen molar-refractivity contribution in [2.75, 3.05) is 5.32 Å². The van der Waals surface area contributed by atoms with Crippen molar-refractivity contribution < 1.29 is 32.3 Å². The SMILES string of the molecule is CC(CC(=O)O)CC(=O)Nc1cc(C(F)(F)F)ccc1F. The number of hydrogen-bond acceptors (Lipinski definition) is 2. The molecule has 0 spiro atoms. The lowest BCUT2D eigenvalue weighted by Gasteiger charge is -2.12. The maximum atomic E-state index is 13.4. The smallest absolute Gasteiger partial charge is 0.416 e. The lowest BCUT2D eigenvalue weighted by molar-refractivity contribution is -0.139. The van der Waals surface area contributed by atoms with Crippen LogP contribution in [0.2, 0.25) is 0 Å². The highest BCUT2D eigenvalue weighted by atomic mass is 19.4. The molecular formula is C13H13F4NO3. The van der Waals surface area contributed by atoms with Crippen molar-refractivity contribution in [1.29, 1.82) is 0 Å².